The third-order valence-corrected chi connectivity index (χ3v) is 3.27. The van der Waals surface area contributed by atoms with Crippen LogP contribution >= 0.6 is 0 Å². The molecule has 0 amide bonds. The molecule has 4 heteroatoms. The molecule has 0 atom stereocenters. The van der Waals surface area contributed by atoms with E-state index in [2.05, 4.69) is 0 Å². The highest BCUT2D eigenvalue weighted by Gasteiger charge is 2.30. The smallest absolute Gasteiger partial charge is 0.308 e. The molecular formula is C17H24O4. The Labute approximate surface area is 126 Å². The Hall–Kier alpha value is -1.84. The highest BCUT2D eigenvalue weighted by atomic mass is 16.5. The fraction of sp³-hybridized carbons (Fsp3) is 0.529. The summed E-state index contributed by atoms with van der Waals surface area (Å²) < 4.78 is 10.4. The number of ether oxygens (including phenoxy) is 2. The van der Waals surface area contributed by atoms with Gasteiger partial charge in [-0.05, 0) is 38.0 Å². The topological polar surface area (TPSA) is 52.6 Å². The van der Waals surface area contributed by atoms with E-state index in [0.29, 0.717) is 12.4 Å². The number of esters is 2. The Morgan fingerprint density at radius 1 is 1.19 bits per heavy atom. The summed E-state index contributed by atoms with van der Waals surface area (Å²) in [6, 6.07) is 3.85. The van der Waals surface area contributed by atoms with Crippen LogP contribution in [0.25, 0.3) is 0 Å². The standard InChI is InChI=1S/C17H24O4/c1-7-20-15(19)10-17(5,6)16-12(3)8-11(2)9-14(16)21-13(4)18/h8-9H,7,10H2,1-6H3. The first-order valence-corrected chi connectivity index (χ1v) is 7.13. The summed E-state index contributed by atoms with van der Waals surface area (Å²) in [6.45, 7) is 11.3. The molecule has 0 aliphatic carbocycles. The van der Waals surface area contributed by atoms with Crippen LogP contribution < -0.4 is 4.74 Å². The quantitative estimate of drug-likeness (QED) is 0.616. The van der Waals surface area contributed by atoms with Crippen LogP contribution in [0.3, 0.4) is 0 Å². The van der Waals surface area contributed by atoms with Gasteiger partial charge in [0.05, 0.1) is 13.0 Å². The van der Waals surface area contributed by atoms with Crippen LogP contribution in [-0.2, 0) is 19.7 Å². The molecule has 0 bridgehead atoms. The molecule has 1 rings (SSSR count). The lowest BCUT2D eigenvalue weighted by atomic mass is 9.78. The van der Waals surface area contributed by atoms with Gasteiger partial charge in [-0.2, -0.15) is 0 Å². The van der Waals surface area contributed by atoms with Crippen LogP contribution in [0.1, 0.15) is 50.8 Å². The molecule has 0 heterocycles. The summed E-state index contributed by atoms with van der Waals surface area (Å²) >= 11 is 0. The van der Waals surface area contributed by atoms with Crippen molar-refractivity contribution in [2.45, 2.75) is 53.4 Å². The lowest BCUT2D eigenvalue weighted by molar-refractivity contribution is -0.144. The zero-order valence-electron chi connectivity index (χ0n) is 13.7. The molecule has 0 saturated carbocycles. The molecule has 21 heavy (non-hydrogen) atoms. The highest BCUT2D eigenvalue weighted by molar-refractivity contribution is 5.73. The van der Waals surface area contributed by atoms with Gasteiger partial charge in [-0.15, -0.1) is 0 Å². The van der Waals surface area contributed by atoms with E-state index in [1.807, 2.05) is 39.8 Å². The normalized spacial score (nSPS) is 11.1. The van der Waals surface area contributed by atoms with Crippen molar-refractivity contribution in [2.24, 2.45) is 0 Å². The van der Waals surface area contributed by atoms with Gasteiger partial charge in [-0.1, -0.05) is 19.9 Å². The Morgan fingerprint density at radius 3 is 2.33 bits per heavy atom. The van der Waals surface area contributed by atoms with E-state index in [9.17, 15) is 9.59 Å². The van der Waals surface area contributed by atoms with Crippen molar-refractivity contribution in [1.82, 2.24) is 0 Å². The van der Waals surface area contributed by atoms with Crippen LogP contribution in [0.5, 0.6) is 5.75 Å². The van der Waals surface area contributed by atoms with Crippen LogP contribution in [0.4, 0.5) is 0 Å². The number of benzene rings is 1. The molecular weight excluding hydrogens is 268 g/mol. The molecule has 1 aromatic rings. The third-order valence-electron chi connectivity index (χ3n) is 3.27. The number of carbonyl (C=O) groups is 2. The zero-order valence-corrected chi connectivity index (χ0v) is 13.7. The second-order valence-corrected chi connectivity index (χ2v) is 5.91. The van der Waals surface area contributed by atoms with E-state index < -0.39 is 5.41 Å². The predicted molar refractivity (Wildman–Crippen MR) is 81.5 cm³/mol. The number of aryl methyl sites for hydroxylation is 2. The van der Waals surface area contributed by atoms with Gasteiger partial charge < -0.3 is 9.47 Å². The van der Waals surface area contributed by atoms with E-state index in [1.54, 1.807) is 6.92 Å². The minimum absolute atomic E-state index is 0.235. The van der Waals surface area contributed by atoms with Crippen molar-refractivity contribution in [3.63, 3.8) is 0 Å². The Morgan fingerprint density at radius 2 is 1.81 bits per heavy atom. The van der Waals surface area contributed by atoms with Gasteiger partial charge >= 0.3 is 11.9 Å². The van der Waals surface area contributed by atoms with Crippen molar-refractivity contribution >= 4 is 11.9 Å². The molecule has 0 unspecified atom stereocenters. The summed E-state index contributed by atoms with van der Waals surface area (Å²) in [5, 5.41) is 0. The SMILES string of the molecule is CCOC(=O)CC(C)(C)c1c(C)cc(C)cc1OC(C)=O. The second-order valence-electron chi connectivity index (χ2n) is 5.91. The molecule has 1 aromatic carbocycles. The molecule has 0 radical (unpaired) electrons. The number of carbonyl (C=O) groups excluding carboxylic acids is 2. The average molecular weight is 292 g/mol. The fourth-order valence-electron chi connectivity index (χ4n) is 2.69. The van der Waals surface area contributed by atoms with Gasteiger partial charge in [-0.25, -0.2) is 0 Å². The maximum absolute atomic E-state index is 11.8. The highest BCUT2D eigenvalue weighted by Crippen LogP contribution is 2.38. The third kappa shape index (κ3) is 4.59. The predicted octanol–water partition coefficient (Wildman–Crippen LogP) is 3.46. The number of rotatable bonds is 5. The Kier molecular flexibility index (Phi) is 5.53. The second kappa shape index (κ2) is 6.74. The van der Waals surface area contributed by atoms with Gasteiger partial charge in [-0.3, -0.25) is 9.59 Å². The monoisotopic (exact) mass is 292 g/mol. The average Bonchev–Trinajstić information content (AvgIpc) is 2.25. The van der Waals surface area contributed by atoms with Gasteiger partial charge in [0.15, 0.2) is 0 Å². The number of hydrogen-bond acceptors (Lipinski definition) is 4. The maximum atomic E-state index is 11.8. The minimum atomic E-state index is -0.477. The first kappa shape index (κ1) is 17.2. The van der Waals surface area contributed by atoms with Gasteiger partial charge in [0.2, 0.25) is 0 Å². The number of hydrogen-bond donors (Lipinski definition) is 0. The largest absolute Gasteiger partial charge is 0.466 e. The molecule has 0 saturated heterocycles. The summed E-state index contributed by atoms with van der Waals surface area (Å²) in [5.74, 6) is -0.0984. The van der Waals surface area contributed by atoms with Gasteiger partial charge in [0.25, 0.3) is 0 Å². The van der Waals surface area contributed by atoms with E-state index in [-0.39, 0.29) is 18.4 Å². The summed E-state index contributed by atoms with van der Waals surface area (Å²) in [6.07, 6.45) is 0.235. The summed E-state index contributed by atoms with van der Waals surface area (Å²) in [5.41, 5.74) is 2.41. The molecule has 116 valence electrons. The van der Waals surface area contributed by atoms with Crippen LogP contribution in [0.15, 0.2) is 12.1 Å². The van der Waals surface area contributed by atoms with Crippen molar-refractivity contribution in [1.29, 1.82) is 0 Å². The minimum Gasteiger partial charge on any atom is -0.466 e. The van der Waals surface area contributed by atoms with E-state index >= 15 is 0 Å². The van der Waals surface area contributed by atoms with Crippen LogP contribution in [-0.4, -0.2) is 18.5 Å². The van der Waals surface area contributed by atoms with E-state index in [4.69, 9.17) is 9.47 Å². The van der Waals surface area contributed by atoms with Crippen molar-refractivity contribution in [3.8, 4) is 5.75 Å². The molecule has 0 aliphatic heterocycles. The van der Waals surface area contributed by atoms with Crippen molar-refractivity contribution in [2.75, 3.05) is 6.61 Å². The first-order chi connectivity index (χ1) is 9.67. The van der Waals surface area contributed by atoms with Crippen LogP contribution in [0, 0.1) is 13.8 Å². The molecule has 0 fully saturated rings. The fourth-order valence-corrected chi connectivity index (χ4v) is 2.69. The molecule has 0 aromatic heterocycles. The van der Waals surface area contributed by atoms with E-state index in [1.165, 1.54) is 6.92 Å². The van der Waals surface area contributed by atoms with Gasteiger partial charge in [0.1, 0.15) is 5.75 Å². The lowest BCUT2D eigenvalue weighted by Gasteiger charge is -2.28. The summed E-state index contributed by atoms with van der Waals surface area (Å²) in [4.78, 5) is 23.1. The molecule has 0 N–H and O–H groups in total. The molecule has 4 nitrogen and oxygen atoms in total. The molecule has 0 aliphatic rings. The lowest BCUT2D eigenvalue weighted by Crippen LogP contribution is -2.25. The maximum Gasteiger partial charge on any atom is 0.308 e. The first-order valence-electron chi connectivity index (χ1n) is 7.13. The zero-order chi connectivity index (χ0) is 16.2. The van der Waals surface area contributed by atoms with Crippen molar-refractivity contribution < 1.29 is 19.1 Å². The Bertz CT molecular complexity index is 544. The Balaban J connectivity index is 3.25. The summed E-state index contributed by atoms with van der Waals surface area (Å²) in [7, 11) is 0. The van der Waals surface area contributed by atoms with Crippen molar-refractivity contribution in [3.05, 3.63) is 28.8 Å². The van der Waals surface area contributed by atoms with Crippen LogP contribution in [0.2, 0.25) is 0 Å². The van der Waals surface area contributed by atoms with E-state index in [0.717, 1.165) is 16.7 Å². The molecule has 0 spiro atoms. The van der Waals surface area contributed by atoms with Gasteiger partial charge in [0, 0.05) is 17.9 Å².